The summed E-state index contributed by atoms with van der Waals surface area (Å²) in [5.41, 5.74) is 1.90. The lowest BCUT2D eigenvalue weighted by Gasteiger charge is -2.19. The molecule has 21 heavy (non-hydrogen) atoms. The number of hydrogen-bond donors (Lipinski definition) is 0. The van der Waals surface area contributed by atoms with Gasteiger partial charge in [-0.05, 0) is 60.9 Å². The first-order valence-corrected chi connectivity index (χ1v) is 7.80. The van der Waals surface area contributed by atoms with Gasteiger partial charge in [0.25, 0.3) is 0 Å². The van der Waals surface area contributed by atoms with E-state index in [2.05, 4.69) is 32.9 Å². The standard InChI is InChI=1S/C19H24O2/c1-4-18(14(2)3)15-10-12-16(13-11-15)19(20)21-17-8-6-5-7-9-17/h6,8-14,18H,4-5,7H2,1-3H3. The Kier molecular flexibility index (Phi) is 5.38. The Labute approximate surface area is 127 Å². The molecular weight excluding hydrogens is 260 g/mol. The van der Waals surface area contributed by atoms with Crippen LogP contribution in [-0.2, 0) is 4.74 Å². The monoisotopic (exact) mass is 284 g/mol. The minimum Gasteiger partial charge on any atom is -0.423 e. The first kappa shape index (κ1) is 15.6. The fourth-order valence-corrected chi connectivity index (χ4v) is 2.79. The Morgan fingerprint density at radius 2 is 1.90 bits per heavy atom. The van der Waals surface area contributed by atoms with Crippen LogP contribution in [0.1, 0.15) is 61.9 Å². The molecule has 0 saturated carbocycles. The van der Waals surface area contributed by atoms with Gasteiger partial charge in [-0.15, -0.1) is 0 Å². The average molecular weight is 284 g/mol. The highest BCUT2D eigenvalue weighted by Crippen LogP contribution is 2.27. The van der Waals surface area contributed by atoms with Crippen LogP contribution in [0.4, 0.5) is 0 Å². The highest BCUT2D eigenvalue weighted by molar-refractivity contribution is 5.90. The summed E-state index contributed by atoms with van der Waals surface area (Å²) in [7, 11) is 0. The normalized spacial score (nSPS) is 15.7. The van der Waals surface area contributed by atoms with E-state index in [9.17, 15) is 4.79 Å². The fraction of sp³-hybridized carbons (Fsp3) is 0.421. The number of hydrogen-bond acceptors (Lipinski definition) is 2. The van der Waals surface area contributed by atoms with Crippen LogP contribution >= 0.6 is 0 Å². The van der Waals surface area contributed by atoms with Crippen LogP contribution in [0.15, 0.2) is 48.3 Å². The molecule has 1 atom stereocenters. The zero-order valence-corrected chi connectivity index (χ0v) is 13.1. The summed E-state index contributed by atoms with van der Waals surface area (Å²) in [5, 5.41) is 0. The van der Waals surface area contributed by atoms with E-state index in [0.29, 0.717) is 23.2 Å². The fourth-order valence-electron chi connectivity index (χ4n) is 2.79. The van der Waals surface area contributed by atoms with Gasteiger partial charge in [0.15, 0.2) is 0 Å². The number of allylic oxidation sites excluding steroid dienone is 3. The van der Waals surface area contributed by atoms with E-state index < -0.39 is 0 Å². The van der Waals surface area contributed by atoms with Gasteiger partial charge in [-0.1, -0.05) is 39.0 Å². The second kappa shape index (κ2) is 7.26. The van der Waals surface area contributed by atoms with Crippen LogP contribution in [0.3, 0.4) is 0 Å². The number of rotatable bonds is 5. The molecule has 1 aromatic rings. The summed E-state index contributed by atoms with van der Waals surface area (Å²) < 4.78 is 5.39. The van der Waals surface area contributed by atoms with Gasteiger partial charge in [-0.3, -0.25) is 0 Å². The van der Waals surface area contributed by atoms with Crippen molar-refractivity contribution < 1.29 is 9.53 Å². The van der Waals surface area contributed by atoms with E-state index in [0.717, 1.165) is 19.3 Å². The molecule has 0 bridgehead atoms. The molecule has 0 amide bonds. The smallest absolute Gasteiger partial charge is 0.343 e. The maximum Gasteiger partial charge on any atom is 0.343 e. The van der Waals surface area contributed by atoms with E-state index >= 15 is 0 Å². The third-order valence-electron chi connectivity index (χ3n) is 3.99. The Balaban J connectivity index is 2.06. The zero-order valence-electron chi connectivity index (χ0n) is 13.1. The molecule has 0 aromatic heterocycles. The largest absolute Gasteiger partial charge is 0.423 e. The third kappa shape index (κ3) is 4.07. The van der Waals surface area contributed by atoms with Crippen LogP contribution < -0.4 is 0 Å². The Bertz CT molecular complexity index is 535. The van der Waals surface area contributed by atoms with Crippen molar-refractivity contribution in [1.82, 2.24) is 0 Å². The Morgan fingerprint density at radius 1 is 1.19 bits per heavy atom. The molecule has 1 aromatic carbocycles. The summed E-state index contributed by atoms with van der Waals surface area (Å²) in [5.74, 6) is 1.52. The van der Waals surface area contributed by atoms with Crippen molar-refractivity contribution in [2.24, 2.45) is 5.92 Å². The maximum absolute atomic E-state index is 12.1. The number of esters is 1. The van der Waals surface area contributed by atoms with Gasteiger partial charge in [0.05, 0.1) is 5.56 Å². The highest BCUT2D eigenvalue weighted by Gasteiger charge is 2.15. The van der Waals surface area contributed by atoms with Gasteiger partial charge >= 0.3 is 5.97 Å². The second-order valence-corrected chi connectivity index (χ2v) is 5.86. The molecule has 1 unspecified atom stereocenters. The number of benzene rings is 1. The molecule has 1 aliphatic carbocycles. The minimum atomic E-state index is -0.281. The quantitative estimate of drug-likeness (QED) is 0.692. The number of carbonyl (C=O) groups excluding carboxylic acids is 1. The molecule has 0 aliphatic heterocycles. The highest BCUT2D eigenvalue weighted by atomic mass is 16.5. The first-order chi connectivity index (χ1) is 10.1. The van der Waals surface area contributed by atoms with Gasteiger partial charge in [0, 0.05) is 0 Å². The van der Waals surface area contributed by atoms with E-state index in [-0.39, 0.29) is 5.97 Å². The van der Waals surface area contributed by atoms with E-state index in [4.69, 9.17) is 4.74 Å². The zero-order chi connectivity index (χ0) is 15.2. The molecule has 1 aliphatic rings. The summed E-state index contributed by atoms with van der Waals surface area (Å²) >= 11 is 0. The third-order valence-corrected chi connectivity index (χ3v) is 3.99. The molecule has 2 rings (SSSR count). The molecule has 0 saturated heterocycles. The molecule has 0 radical (unpaired) electrons. The van der Waals surface area contributed by atoms with Gasteiger partial charge in [-0.2, -0.15) is 0 Å². The summed E-state index contributed by atoms with van der Waals surface area (Å²) in [6.07, 6.45) is 8.91. The average Bonchev–Trinajstić information content (AvgIpc) is 2.49. The summed E-state index contributed by atoms with van der Waals surface area (Å²) in [4.78, 5) is 12.1. The number of carbonyl (C=O) groups is 1. The van der Waals surface area contributed by atoms with Crippen LogP contribution in [0, 0.1) is 5.92 Å². The van der Waals surface area contributed by atoms with Gasteiger partial charge < -0.3 is 4.74 Å². The summed E-state index contributed by atoms with van der Waals surface area (Å²) in [6.45, 7) is 6.67. The van der Waals surface area contributed by atoms with Crippen molar-refractivity contribution >= 4 is 5.97 Å². The Morgan fingerprint density at radius 3 is 2.43 bits per heavy atom. The van der Waals surface area contributed by atoms with Crippen molar-refractivity contribution in [3.63, 3.8) is 0 Å². The Hall–Kier alpha value is -1.83. The van der Waals surface area contributed by atoms with Crippen molar-refractivity contribution in [3.05, 3.63) is 59.4 Å². The predicted octanol–water partition coefficient (Wildman–Crippen LogP) is 5.23. The molecule has 0 spiro atoms. The van der Waals surface area contributed by atoms with Crippen molar-refractivity contribution in [2.45, 2.75) is 46.0 Å². The molecule has 112 valence electrons. The molecule has 2 nitrogen and oxygen atoms in total. The summed E-state index contributed by atoms with van der Waals surface area (Å²) in [6, 6.07) is 7.84. The van der Waals surface area contributed by atoms with Crippen molar-refractivity contribution in [1.29, 1.82) is 0 Å². The first-order valence-electron chi connectivity index (χ1n) is 7.80. The van der Waals surface area contributed by atoms with Gasteiger partial charge in [0.1, 0.15) is 5.76 Å². The topological polar surface area (TPSA) is 26.3 Å². The molecule has 0 N–H and O–H groups in total. The molecular formula is C19H24O2. The minimum absolute atomic E-state index is 0.281. The molecule has 0 fully saturated rings. The predicted molar refractivity (Wildman–Crippen MR) is 86.2 cm³/mol. The van der Waals surface area contributed by atoms with Crippen molar-refractivity contribution in [2.75, 3.05) is 0 Å². The van der Waals surface area contributed by atoms with E-state index in [1.165, 1.54) is 5.56 Å². The van der Waals surface area contributed by atoms with Crippen LogP contribution in [-0.4, -0.2) is 5.97 Å². The van der Waals surface area contributed by atoms with Gasteiger partial charge in [-0.25, -0.2) is 4.79 Å². The lowest BCUT2D eigenvalue weighted by Crippen LogP contribution is -2.08. The maximum atomic E-state index is 12.1. The van der Waals surface area contributed by atoms with E-state index in [1.54, 1.807) is 0 Å². The van der Waals surface area contributed by atoms with Crippen LogP contribution in [0.2, 0.25) is 0 Å². The van der Waals surface area contributed by atoms with Crippen LogP contribution in [0.5, 0.6) is 0 Å². The lowest BCUT2D eigenvalue weighted by molar-refractivity contribution is 0.0635. The van der Waals surface area contributed by atoms with Crippen LogP contribution in [0.25, 0.3) is 0 Å². The van der Waals surface area contributed by atoms with Crippen molar-refractivity contribution in [3.8, 4) is 0 Å². The second-order valence-electron chi connectivity index (χ2n) is 5.86. The molecule has 0 heterocycles. The van der Waals surface area contributed by atoms with Gasteiger partial charge in [0.2, 0.25) is 0 Å². The number of ether oxygens (including phenoxy) is 1. The molecule has 2 heteroatoms. The lowest BCUT2D eigenvalue weighted by atomic mass is 9.86. The van der Waals surface area contributed by atoms with E-state index in [1.807, 2.05) is 30.4 Å². The SMILES string of the molecule is CCC(c1ccc(C(=O)OC2=CCCC=C2)cc1)C(C)C.